The molecule has 0 aromatic heterocycles. The molecular formula is C22H42O3. The first-order valence-corrected chi connectivity index (χ1v) is 9.98. The molecule has 1 unspecified atom stereocenters. The first kappa shape index (κ1) is 26.1. The van der Waals surface area contributed by atoms with Crippen LogP contribution in [0.2, 0.25) is 0 Å². The van der Waals surface area contributed by atoms with Crippen molar-refractivity contribution in [3.05, 3.63) is 23.3 Å². The largest absolute Gasteiger partial charge is 0.481 e. The molecule has 0 bridgehead atoms. The van der Waals surface area contributed by atoms with Crippen LogP contribution in [0.5, 0.6) is 0 Å². The molecule has 0 aromatic rings. The van der Waals surface area contributed by atoms with Crippen molar-refractivity contribution in [2.75, 3.05) is 0 Å². The molecule has 148 valence electrons. The molecule has 1 atom stereocenters. The van der Waals surface area contributed by atoms with Gasteiger partial charge in [-0.25, -0.2) is 0 Å². The lowest BCUT2D eigenvalue weighted by Crippen LogP contribution is -2.07. The predicted octanol–water partition coefficient (Wildman–Crippen LogP) is 6.66. The average molecular weight is 355 g/mol. The Morgan fingerprint density at radius 1 is 0.960 bits per heavy atom. The number of carbonyl (C=O) groups is 1. The SMILES string of the molecule is CC=C(C)CCC=C(C)C.CCCCCCCC(O)CCCC(=O)O. The van der Waals surface area contributed by atoms with Crippen LogP contribution in [-0.4, -0.2) is 22.3 Å². The predicted molar refractivity (Wildman–Crippen MR) is 109 cm³/mol. The van der Waals surface area contributed by atoms with E-state index >= 15 is 0 Å². The molecule has 0 saturated heterocycles. The van der Waals surface area contributed by atoms with Gasteiger partial charge < -0.3 is 10.2 Å². The zero-order valence-electron chi connectivity index (χ0n) is 17.3. The van der Waals surface area contributed by atoms with Crippen molar-refractivity contribution in [2.45, 2.75) is 111 Å². The number of carboxylic acids is 1. The van der Waals surface area contributed by atoms with Gasteiger partial charge in [-0.15, -0.1) is 0 Å². The fraction of sp³-hybridized carbons (Fsp3) is 0.773. The van der Waals surface area contributed by atoms with Crippen molar-refractivity contribution >= 4 is 5.97 Å². The van der Waals surface area contributed by atoms with Gasteiger partial charge in [-0.3, -0.25) is 4.79 Å². The third-order valence-corrected chi connectivity index (χ3v) is 4.15. The van der Waals surface area contributed by atoms with E-state index in [0.29, 0.717) is 12.8 Å². The van der Waals surface area contributed by atoms with E-state index in [2.05, 4.69) is 46.8 Å². The first-order chi connectivity index (χ1) is 11.8. The summed E-state index contributed by atoms with van der Waals surface area (Å²) in [5, 5.41) is 17.9. The Morgan fingerprint density at radius 3 is 2.08 bits per heavy atom. The summed E-state index contributed by atoms with van der Waals surface area (Å²) in [7, 11) is 0. The summed E-state index contributed by atoms with van der Waals surface area (Å²) in [5.74, 6) is -0.773. The lowest BCUT2D eigenvalue weighted by molar-refractivity contribution is -0.137. The van der Waals surface area contributed by atoms with Crippen LogP contribution in [0, 0.1) is 0 Å². The lowest BCUT2D eigenvalue weighted by atomic mass is 10.0. The van der Waals surface area contributed by atoms with E-state index < -0.39 is 5.97 Å². The van der Waals surface area contributed by atoms with Crippen molar-refractivity contribution in [1.82, 2.24) is 0 Å². The highest BCUT2D eigenvalue weighted by Gasteiger charge is 2.05. The van der Waals surface area contributed by atoms with Crippen LogP contribution in [0.25, 0.3) is 0 Å². The van der Waals surface area contributed by atoms with E-state index in [1.165, 1.54) is 49.7 Å². The number of rotatable bonds is 13. The lowest BCUT2D eigenvalue weighted by Gasteiger charge is -2.09. The first-order valence-electron chi connectivity index (χ1n) is 9.98. The van der Waals surface area contributed by atoms with Crippen molar-refractivity contribution < 1.29 is 15.0 Å². The minimum absolute atomic E-state index is 0.174. The number of carboxylic acid groups (broad SMARTS) is 1. The van der Waals surface area contributed by atoms with Crippen molar-refractivity contribution in [1.29, 1.82) is 0 Å². The molecule has 0 radical (unpaired) electrons. The molecule has 0 saturated carbocycles. The van der Waals surface area contributed by atoms with Gasteiger partial charge in [-0.1, -0.05) is 62.3 Å². The normalized spacial score (nSPS) is 12.2. The topological polar surface area (TPSA) is 57.5 Å². The summed E-state index contributed by atoms with van der Waals surface area (Å²) in [5.41, 5.74) is 2.90. The van der Waals surface area contributed by atoms with Gasteiger partial charge in [0.05, 0.1) is 6.10 Å². The summed E-state index contributed by atoms with van der Waals surface area (Å²) in [4.78, 5) is 10.2. The van der Waals surface area contributed by atoms with Gasteiger partial charge in [0.25, 0.3) is 0 Å². The zero-order valence-corrected chi connectivity index (χ0v) is 17.3. The van der Waals surface area contributed by atoms with Crippen molar-refractivity contribution in [2.24, 2.45) is 0 Å². The van der Waals surface area contributed by atoms with Crippen LogP contribution < -0.4 is 0 Å². The van der Waals surface area contributed by atoms with Gasteiger partial charge in [0, 0.05) is 6.42 Å². The molecule has 0 aromatic carbocycles. The minimum atomic E-state index is -0.773. The van der Waals surface area contributed by atoms with Crippen molar-refractivity contribution in [3.63, 3.8) is 0 Å². The zero-order chi connectivity index (χ0) is 19.5. The second kappa shape index (κ2) is 19.2. The van der Waals surface area contributed by atoms with Gasteiger partial charge in [0.2, 0.25) is 0 Å². The fourth-order valence-electron chi connectivity index (χ4n) is 2.35. The van der Waals surface area contributed by atoms with Crippen LogP contribution >= 0.6 is 0 Å². The van der Waals surface area contributed by atoms with Gasteiger partial charge >= 0.3 is 5.97 Å². The Kier molecular flexibility index (Phi) is 20.1. The van der Waals surface area contributed by atoms with E-state index in [4.69, 9.17) is 5.11 Å². The maximum Gasteiger partial charge on any atom is 0.303 e. The minimum Gasteiger partial charge on any atom is -0.481 e. The number of aliphatic carboxylic acids is 1. The number of unbranched alkanes of at least 4 members (excludes halogenated alkanes) is 4. The second-order valence-corrected chi connectivity index (χ2v) is 7.10. The maximum absolute atomic E-state index is 10.2. The Balaban J connectivity index is 0. The number of aliphatic hydroxyl groups is 1. The molecule has 0 spiro atoms. The smallest absolute Gasteiger partial charge is 0.303 e. The van der Waals surface area contributed by atoms with Gasteiger partial charge in [-0.05, 0) is 59.8 Å². The molecule has 0 fully saturated rings. The maximum atomic E-state index is 10.2. The third-order valence-electron chi connectivity index (χ3n) is 4.15. The molecule has 3 nitrogen and oxygen atoms in total. The summed E-state index contributed by atoms with van der Waals surface area (Å²) in [6.45, 7) is 10.7. The van der Waals surface area contributed by atoms with Crippen LogP contribution in [0.15, 0.2) is 23.3 Å². The molecule has 0 aliphatic rings. The molecule has 0 aliphatic heterocycles. The van der Waals surface area contributed by atoms with Crippen molar-refractivity contribution in [3.8, 4) is 0 Å². The number of allylic oxidation sites excluding steroid dienone is 4. The van der Waals surface area contributed by atoms with Gasteiger partial charge in [0.1, 0.15) is 0 Å². The summed E-state index contributed by atoms with van der Waals surface area (Å²) < 4.78 is 0. The Hall–Kier alpha value is -1.09. The second-order valence-electron chi connectivity index (χ2n) is 7.10. The number of hydrogen-bond acceptors (Lipinski definition) is 2. The van der Waals surface area contributed by atoms with Gasteiger partial charge in [0.15, 0.2) is 0 Å². The molecular weight excluding hydrogens is 312 g/mol. The monoisotopic (exact) mass is 354 g/mol. The number of aliphatic hydroxyl groups excluding tert-OH is 1. The van der Waals surface area contributed by atoms with E-state index in [1.54, 1.807) is 0 Å². The molecule has 3 heteroatoms. The average Bonchev–Trinajstić information content (AvgIpc) is 2.54. The highest BCUT2D eigenvalue weighted by Crippen LogP contribution is 2.11. The number of hydrogen-bond donors (Lipinski definition) is 2. The van der Waals surface area contributed by atoms with E-state index in [-0.39, 0.29) is 12.5 Å². The molecule has 0 aliphatic carbocycles. The third kappa shape index (κ3) is 25.3. The summed E-state index contributed by atoms with van der Waals surface area (Å²) in [6, 6.07) is 0. The molecule has 0 amide bonds. The summed E-state index contributed by atoms with van der Waals surface area (Å²) in [6.07, 6.45) is 14.8. The standard InChI is InChI=1S/C12H24O3.C10H18/c1-2-3-4-5-6-8-11(13)9-7-10-12(14)15;1-5-10(4)8-6-7-9(2)3/h11,13H,2-10H2,1H3,(H,14,15);5,7H,6,8H2,1-4H3. The van der Waals surface area contributed by atoms with E-state index in [1.807, 2.05) is 0 Å². The Labute approximate surface area is 156 Å². The molecule has 0 rings (SSSR count). The molecule has 0 heterocycles. The molecule has 25 heavy (non-hydrogen) atoms. The van der Waals surface area contributed by atoms with E-state index in [9.17, 15) is 9.90 Å². The quantitative estimate of drug-likeness (QED) is 0.287. The van der Waals surface area contributed by atoms with Gasteiger partial charge in [-0.2, -0.15) is 0 Å². The highest BCUT2D eigenvalue weighted by atomic mass is 16.4. The Morgan fingerprint density at radius 2 is 1.56 bits per heavy atom. The van der Waals surface area contributed by atoms with Crippen LogP contribution in [0.3, 0.4) is 0 Å². The van der Waals surface area contributed by atoms with Crippen LogP contribution in [-0.2, 0) is 4.79 Å². The fourth-order valence-corrected chi connectivity index (χ4v) is 2.35. The van der Waals surface area contributed by atoms with Crippen LogP contribution in [0.1, 0.15) is 105 Å². The highest BCUT2D eigenvalue weighted by molar-refractivity contribution is 5.66. The van der Waals surface area contributed by atoms with Crippen LogP contribution in [0.4, 0.5) is 0 Å². The Bertz CT molecular complexity index is 365. The van der Waals surface area contributed by atoms with E-state index in [0.717, 1.165) is 12.8 Å². The summed E-state index contributed by atoms with van der Waals surface area (Å²) >= 11 is 0. The molecule has 2 N–H and O–H groups in total.